The summed E-state index contributed by atoms with van der Waals surface area (Å²) in [6.07, 6.45) is 3.42. The Morgan fingerprint density at radius 2 is 2.12 bits per heavy atom. The van der Waals surface area contributed by atoms with E-state index in [1.165, 1.54) is 0 Å². The molecule has 1 aliphatic rings. The third-order valence-electron chi connectivity index (χ3n) is 4.40. The topological polar surface area (TPSA) is 64.8 Å². The van der Waals surface area contributed by atoms with Crippen LogP contribution >= 0.6 is 0 Å². The second-order valence-corrected chi connectivity index (χ2v) is 6.41. The molecule has 0 aromatic carbocycles. The molecule has 0 spiro atoms. The van der Waals surface area contributed by atoms with E-state index >= 15 is 0 Å². The van der Waals surface area contributed by atoms with Crippen LogP contribution in [0.25, 0.3) is 0 Å². The number of piperazine rings is 1. The molecular formula is C18H25N5O2. The molecule has 0 unspecified atom stereocenters. The Labute approximate surface area is 148 Å². The maximum absolute atomic E-state index is 12.2. The number of urea groups is 1. The zero-order valence-electron chi connectivity index (χ0n) is 14.8. The van der Waals surface area contributed by atoms with Crippen LogP contribution in [0.4, 0.5) is 10.6 Å². The second kappa shape index (κ2) is 8.02. The van der Waals surface area contributed by atoms with Crippen LogP contribution in [-0.4, -0.2) is 61.1 Å². The second-order valence-electron chi connectivity index (χ2n) is 6.41. The van der Waals surface area contributed by atoms with E-state index in [4.69, 9.17) is 4.42 Å². The van der Waals surface area contributed by atoms with Gasteiger partial charge in [-0.1, -0.05) is 0 Å². The molecule has 3 heterocycles. The predicted molar refractivity (Wildman–Crippen MR) is 96.4 cm³/mol. The highest BCUT2D eigenvalue weighted by Gasteiger charge is 2.16. The SMILES string of the molecule is CN1CCN(c2cc(CNC(=O)N(C)Cc3ccco3)ccn2)CC1. The molecule has 7 heteroatoms. The average Bonchev–Trinajstić information content (AvgIpc) is 3.13. The molecule has 2 amide bonds. The van der Waals surface area contributed by atoms with Crippen LogP contribution in [0.5, 0.6) is 0 Å². The quantitative estimate of drug-likeness (QED) is 0.896. The first kappa shape index (κ1) is 17.3. The molecule has 0 aliphatic carbocycles. The number of carbonyl (C=O) groups is 1. The third kappa shape index (κ3) is 4.73. The lowest BCUT2D eigenvalue weighted by atomic mass is 10.2. The van der Waals surface area contributed by atoms with E-state index in [1.54, 1.807) is 18.2 Å². The normalized spacial score (nSPS) is 15.2. The van der Waals surface area contributed by atoms with E-state index < -0.39 is 0 Å². The fourth-order valence-electron chi connectivity index (χ4n) is 2.80. The van der Waals surface area contributed by atoms with Crippen molar-refractivity contribution in [3.63, 3.8) is 0 Å². The number of anilines is 1. The Morgan fingerprint density at radius 3 is 2.84 bits per heavy atom. The number of carbonyl (C=O) groups excluding carboxylic acids is 1. The van der Waals surface area contributed by atoms with Crippen LogP contribution in [0.2, 0.25) is 0 Å². The van der Waals surface area contributed by atoms with Gasteiger partial charge in [0.05, 0.1) is 12.8 Å². The summed E-state index contributed by atoms with van der Waals surface area (Å²) in [6.45, 7) is 4.96. The number of pyridine rings is 1. The van der Waals surface area contributed by atoms with Gasteiger partial charge < -0.3 is 24.4 Å². The minimum Gasteiger partial charge on any atom is -0.467 e. The maximum atomic E-state index is 12.2. The van der Waals surface area contributed by atoms with Gasteiger partial charge in [-0.05, 0) is 36.9 Å². The number of nitrogens with zero attached hydrogens (tertiary/aromatic N) is 4. The molecular weight excluding hydrogens is 318 g/mol. The van der Waals surface area contributed by atoms with Crippen molar-refractivity contribution in [1.29, 1.82) is 0 Å². The molecule has 1 aliphatic heterocycles. The summed E-state index contributed by atoms with van der Waals surface area (Å²) < 4.78 is 5.27. The van der Waals surface area contributed by atoms with Crippen LogP contribution in [0.3, 0.4) is 0 Å². The van der Waals surface area contributed by atoms with Crippen molar-refractivity contribution in [1.82, 2.24) is 20.1 Å². The lowest BCUT2D eigenvalue weighted by Crippen LogP contribution is -2.44. The fraction of sp³-hybridized carbons (Fsp3) is 0.444. The van der Waals surface area contributed by atoms with Gasteiger partial charge in [0.2, 0.25) is 0 Å². The summed E-state index contributed by atoms with van der Waals surface area (Å²) in [5.41, 5.74) is 1.05. The molecule has 1 N–H and O–H groups in total. The molecule has 25 heavy (non-hydrogen) atoms. The molecule has 134 valence electrons. The van der Waals surface area contributed by atoms with Crippen molar-refractivity contribution in [3.8, 4) is 0 Å². The Hall–Kier alpha value is -2.54. The molecule has 7 nitrogen and oxygen atoms in total. The van der Waals surface area contributed by atoms with Crippen molar-refractivity contribution in [2.75, 3.05) is 45.2 Å². The van der Waals surface area contributed by atoms with Crippen LogP contribution < -0.4 is 10.2 Å². The van der Waals surface area contributed by atoms with Crippen LogP contribution in [-0.2, 0) is 13.1 Å². The number of rotatable bonds is 5. The van der Waals surface area contributed by atoms with Crippen molar-refractivity contribution >= 4 is 11.8 Å². The van der Waals surface area contributed by atoms with Crippen molar-refractivity contribution in [2.24, 2.45) is 0 Å². The molecule has 0 bridgehead atoms. The van der Waals surface area contributed by atoms with Gasteiger partial charge >= 0.3 is 6.03 Å². The van der Waals surface area contributed by atoms with Crippen LogP contribution in [0.1, 0.15) is 11.3 Å². The monoisotopic (exact) mass is 343 g/mol. The Bertz CT molecular complexity index is 681. The molecule has 2 aromatic rings. The van der Waals surface area contributed by atoms with Gasteiger partial charge in [-0.15, -0.1) is 0 Å². The van der Waals surface area contributed by atoms with Crippen molar-refractivity contribution in [3.05, 3.63) is 48.0 Å². The minimum atomic E-state index is -0.130. The zero-order valence-corrected chi connectivity index (χ0v) is 14.8. The molecule has 0 saturated carbocycles. The highest BCUT2D eigenvalue weighted by Crippen LogP contribution is 2.15. The van der Waals surface area contributed by atoms with Gasteiger partial charge in [0.15, 0.2) is 0 Å². The van der Waals surface area contributed by atoms with Crippen molar-refractivity contribution < 1.29 is 9.21 Å². The summed E-state index contributed by atoms with van der Waals surface area (Å²) >= 11 is 0. The first-order chi connectivity index (χ1) is 12.1. The van der Waals surface area contributed by atoms with Crippen LogP contribution in [0, 0.1) is 0 Å². The summed E-state index contributed by atoms with van der Waals surface area (Å²) in [5.74, 6) is 1.74. The predicted octanol–water partition coefficient (Wildman–Crippen LogP) is 1.77. The molecule has 1 fully saturated rings. The van der Waals surface area contributed by atoms with Crippen LogP contribution in [0.15, 0.2) is 41.1 Å². The first-order valence-corrected chi connectivity index (χ1v) is 8.51. The summed E-state index contributed by atoms with van der Waals surface area (Å²) in [6, 6.07) is 7.53. The summed E-state index contributed by atoms with van der Waals surface area (Å²) in [7, 11) is 3.88. The van der Waals surface area contributed by atoms with E-state index in [2.05, 4.69) is 33.2 Å². The van der Waals surface area contributed by atoms with Gasteiger partial charge in [0, 0.05) is 46.0 Å². The van der Waals surface area contributed by atoms with E-state index in [-0.39, 0.29) is 6.03 Å². The summed E-state index contributed by atoms with van der Waals surface area (Å²) in [4.78, 5) is 22.9. The maximum Gasteiger partial charge on any atom is 0.317 e. The molecule has 0 radical (unpaired) electrons. The first-order valence-electron chi connectivity index (χ1n) is 8.51. The van der Waals surface area contributed by atoms with Crippen molar-refractivity contribution in [2.45, 2.75) is 13.1 Å². The van der Waals surface area contributed by atoms with E-state index in [9.17, 15) is 4.79 Å². The molecule has 3 rings (SSSR count). The largest absolute Gasteiger partial charge is 0.467 e. The van der Waals surface area contributed by atoms with Gasteiger partial charge in [-0.2, -0.15) is 0 Å². The van der Waals surface area contributed by atoms with Gasteiger partial charge in [0.25, 0.3) is 0 Å². The highest BCUT2D eigenvalue weighted by molar-refractivity contribution is 5.73. The number of likely N-dealkylation sites (N-methyl/N-ethyl adjacent to an activating group) is 1. The van der Waals surface area contributed by atoms with Gasteiger partial charge in [-0.25, -0.2) is 9.78 Å². The third-order valence-corrected chi connectivity index (χ3v) is 4.40. The van der Waals surface area contributed by atoms with Gasteiger partial charge in [-0.3, -0.25) is 0 Å². The standard InChI is InChI=1S/C18H25N5O2/c1-21-7-9-23(10-8-21)17-12-15(5-6-19-17)13-20-18(24)22(2)14-16-4-3-11-25-16/h3-6,11-12H,7-10,13-14H2,1-2H3,(H,20,24). The van der Waals surface area contributed by atoms with E-state index in [0.29, 0.717) is 13.1 Å². The van der Waals surface area contributed by atoms with E-state index in [0.717, 1.165) is 43.3 Å². The number of nitrogens with one attached hydrogen (secondary N) is 1. The number of furan rings is 1. The average molecular weight is 343 g/mol. The zero-order chi connectivity index (χ0) is 17.6. The van der Waals surface area contributed by atoms with Gasteiger partial charge in [0.1, 0.15) is 11.6 Å². The number of hydrogen-bond acceptors (Lipinski definition) is 5. The minimum absolute atomic E-state index is 0.130. The lowest BCUT2D eigenvalue weighted by molar-refractivity contribution is 0.202. The number of aromatic nitrogens is 1. The summed E-state index contributed by atoms with van der Waals surface area (Å²) in [5, 5.41) is 2.94. The Morgan fingerprint density at radius 1 is 1.32 bits per heavy atom. The van der Waals surface area contributed by atoms with E-state index in [1.807, 2.05) is 24.4 Å². The molecule has 1 saturated heterocycles. The number of hydrogen-bond donors (Lipinski definition) is 1. The number of amides is 2. The fourth-order valence-corrected chi connectivity index (χ4v) is 2.80. The molecule has 2 aromatic heterocycles. The highest BCUT2D eigenvalue weighted by atomic mass is 16.3. The Kier molecular flexibility index (Phi) is 5.55. The Balaban J connectivity index is 1.52. The lowest BCUT2D eigenvalue weighted by Gasteiger charge is -2.33. The molecule has 0 atom stereocenters. The smallest absolute Gasteiger partial charge is 0.317 e.